The van der Waals surface area contributed by atoms with E-state index in [-0.39, 0.29) is 36.8 Å². The van der Waals surface area contributed by atoms with Crippen LogP contribution in [0.3, 0.4) is 0 Å². The molecule has 1 aliphatic heterocycles. The second-order valence-electron chi connectivity index (χ2n) is 11.9. The molecule has 0 spiro atoms. The minimum absolute atomic E-state index is 0.0197. The molecule has 0 amide bonds. The molecular weight excluding hydrogens is 678 g/mol. The molecule has 1 heterocycles. The smallest absolute Gasteiger partial charge is 0.338 e. The highest BCUT2D eigenvalue weighted by Gasteiger charge is 2.21. The molecule has 15 heteroatoms. The summed E-state index contributed by atoms with van der Waals surface area (Å²) in [6, 6.07) is 12.2. The van der Waals surface area contributed by atoms with Crippen molar-refractivity contribution < 1.29 is 52.4 Å². The van der Waals surface area contributed by atoms with Crippen LogP contribution in [0.2, 0.25) is 0 Å². The Morgan fingerprint density at radius 3 is 1.52 bits per heavy atom. The summed E-state index contributed by atoms with van der Waals surface area (Å²) >= 11 is 0. The molecule has 15 nitrogen and oxygen atoms in total. The van der Waals surface area contributed by atoms with Crippen molar-refractivity contribution in [2.45, 2.75) is 25.9 Å². The number of nitro benzene ring substituents is 1. The van der Waals surface area contributed by atoms with E-state index in [4.69, 9.17) is 37.9 Å². The average Bonchev–Trinajstić information content (AvgIpc) is 3.40. The minimum atomic E-state index is -0.519. The largest absolute Gasteiger partial charge is 0.493 e. The van der Waals surface area contributed by atoms with Crippen molar-refractivity contribution in [2.75, 3.05) is 88.0 Å². The van der Waals surface area contributed by atoms with Crippen LogP contribution in [0.15, 0.2) is 48.5 Å². The van der Waals surface area contributed by atoms with Crippen LogP contribution in [0.4, 0.5) is 5.69 Å². The van der Waals surface area contributed by atoms with Gasteiger partial charge in [0.15, 0.2) is 23.0 Å². The van der Waals surface area contributed by atoms with Crippen molar-refractivity contribution in [2.24, 2.45) is 0 Å². The Hall–Kier alpha value is -5.28. The molecule has 0 atom stereocenters. The van der Waals surface area contributed by atoms with Crippen LogP contribution < -0.4 is 28.4 Å². The van der Waals surface area contributed by atoms with Crippen LogP contribution in [-0.4, -0.2) is 115 Å². The van der Waals surface area contributed by atoms with E-state index in [9.17, 15) is 19.7 Å². The molecule has 282 valence electrons. The van der Waals surface area contributed by atoms with Crippen LogP contribution in [0.1, 0.15) is 45.5 Å². The molecule has 0 radical (unpaired) electrons. The van der Waals surface area contributed by atoms with Gasteiger partial charge in [0, 0.05) is 38.3 Å². The summed E-state index contributed by atoms with van der Waals surface area (Å²) in [6.45, 7) is 5.85. The van der Waals surface area contributed by atoms with Gasteiger partial charge in [-0.05, 0) is 74.3 Å². The standard InChI is InChI=1S/C37H47N3O12/c1-45-30-21-27(22-31(46-2)34(30)48-4)36(41)50-19-7-15-38-13-6-14-39(18-17-38)16-8-20-51-37(42)28-23-32(47-3)35(49-5)33(24-28)52-25-26-9-11-29(12-10-26)40(43)44/h9-12,21-24H,6-8,13-20,25H2,1-5H3. The number of nitro groups is 1. The summed E-state index contributed by atoms with van der Waals surface area (Å²) in [6.07, 6.45) is 2.37. The second kappa shape index (κ2) is 19.9. The first-order valence-electron chi connectivity index (χ1n) is 16.9. The fourth-order valence-corrected chi connectivity index (χ4v) is 5.77. The zero-order valence-electron chi connectivity index (χ0n) is 30.3. The van der Waals surface area contributed by atoms with E-state index < -0.39 is 16.9 Å². The Morgan fingerprint density at radius 1 is 0.654 bits per heavy atom. The zero-order chi connectivity index (χ0) is 37.5. The molecule has 52 heavy (non-hydrogen) atoms. The summed E-state index contributed by atoms with van der Waals surface area (Å²) in [5.74, 6) is 1.10. The van der Waals surface area contributed by atoms with E-state index in [1.807, 2.05) is 0 Å². The van der Waals surface area contributed by atoms with Crippen LogP contribution in [-0.2, 0) is 16.1 Å². The summed E-state index contributed by atoms with van der Waals surface area (Å²) in [5, 5.41) is 11.0. The molecule has 0 N–H and O–H groups in total. The molecule has 0 unspecified atom stereocenters. The van der Waals surface area contributed by atoms with E-state index in [1.54, 1.807) is 24.3 Å². The van der Waals surface area contributed by atoms with Gasteiger partial charge in [0.1, 0.15) is 6.61 Å². The lowest BCUT2D eigenvalue weighted by molar-refractivity contribution is -0.384. The van der Waals surface area contributed by atoms with E-state index >= 15 is 0 Å². The van der Waals surface area contributed by atoms with E-state index in [0.717, 1.165) is 45.7 Å². The number of nitrogens with zero attached hydrogens (tertiary/aromatic N) is 3. The van der Waals surface area contributed by atoms with Gasteiger partial charge in [-0.1, -0.05) is 0 Å². The Bertz CT molecular complexity index is 1620. The van der Waals surface area contributed by atoms with Crippen molar-refractivity contribution in [1.82, 2.24) is 9.80 Å². The Kier molecular flexibility index (Phi) is 15.1. The fraction of sp³-hybridized carbons (Fsp3) is 0.459. The molecule has 1 fully saturated rings. The summed E-state index contributed by atoms with van der Waals surface area (Å²) in [7, 11) is 7.42. The molecule has 0 aliphatic carbocycles. The Balaban J connectivity index is 1.18. The van der Waals surface area contributed by atoms with Gasteiger partial charge >= 0.3 is 11.9 Å². The topological polar surface area (TPSA) is 158 Å². The van der Waals surface area contributed by atoms with Gasteiger partial charge < -0.3 is 47.7 Å². The summed E-state index contributed by atoms with van der Waals surface area (Å²) in [4.78, 5) is 40.9. The van der Waals surface area contributed by atoms with Gasteiger partial charge in [-0.25, -0.2) is 9.59 Å². The molecule has 0 saturated carbocycles. The van der Waals surface area contributed by atoms with Crippen molar-refractivity contribution in [1.29, 1.82) is 0 Å². The quantitative estimate of drug-likeness (QED) is 0.0702. The maximum Gasteiger partial charge on any atom is 0.338 e. The molecule has 0 bridgehead atoms. The van der Waals surface area contributed by atoms with Gasteiger partial charge in [0.25, 0.3) is 5.69 Å². The predicted octanol–water partition coefficient (Wildman–Crippen LogP) is 5.02. The maximum absolute atomic E-state index is 13.0. The monoisotopic (exact) mass is 725 g/mol. The number of benzene rings is 3. The molecule has 0 aromatic heterocycles. The highest BCUT2D eigenvalue weighted by atomic mass is 16.6. The number of esters is 2. The number of hydrogen-bond donors (Lipinski definition) is 0. The Morgan fingerprint density at radius 2 is 1.10 bits per heavy atom. The predicted molar refractivity (Wildman–Crippen MR) is 190 cm³/mol. The number of carbonyl (C=O) groups is 2. The number of carbonyl (C=O) groups excluding carboxylic acids is 2. The lowest BCUT2D eigenvalue weighted by Gasteiger charge is -2.21. The Labute approximate surface area is 303 Å². The van der Waals surface area contributed by atoms with Crippen LogP contribution in [0.5, 0.6) is 34.5 Å². The van der Waals surface area contributed by atoms with Crippen molar-refractivity contribution in [3.63, 3.8) is 0 Å². The third kappa shape index (κ3) is 10.9. The second-order valence-corrected chi connectivity index (χ2v) is 11.9. The van der Waals surface area contributed by atoms with E-state index in [1.165, 1.54) is 59.8 Å². The van der Waals surface area contributed by atoms with Crippen molar-refractivity contribution >= 4 is 17.6 Å². The van der Waals surface area contributed by atoms with Crippen molar-refractivity contribution in [3.05, 3.63) is 75.3 Å². The fourth-order valence-electron chi connectivity index (χ4n) is 5.77. The zero-order valence-corrected chi connectivity index (χ0v) is 30.3. The van der Waals surface area contributed by atoms with Gasteiger partial charge in [0.05, 0.1) is 64.8 Å². The minimum Gasteiger partial charge on any atom is -0.493 e. The first-order chi connectivity index (χ1) is 25.2. The molecule has 4 rings (SSSR count). The summed E-state index contributed by atoms with van der Waals surface area (Å²) in [5.41, 5.74) is 1.25. The first kappa shape index (κ1) is 39.5. The first-order valence-corrected chi connectivity index (χ1v) is 16.9. The number of ether oxygens (including phenoxy) is 8. The third-order valence-electron chi connectivity index (χ3n) is 8.51. The highest BCUT2D eigenvalue weighted by Crippen LogP contribution is 2.40. The van der Waals surface area contributed by atoms with Crippen LogP contribution in [0.25, 0.3) is 0 Å². The molecule has 1 aliphatic rings. The highest BCUT2D eigenvalue weighted by molar-refractivity contribution is 5.91. The van der Waals surface area contributed by atoms with Gasteiger partial charge in [0.2, 0.25) is 11.5 Å². The van der Waals surface area contributed by atoms with Gasteiger partial charge in [-0.15, -0.1) is 0 Å². The van der Waals surface area contributed by atoms with Gasteiger partial charge in [-0.3, -0.25) is 10.1 Å². The molecule has 3 aromatic rings. The molecule has 1 saturated heterocycles. The van der Waals surface area contributed by atoms with Crippen LogP contribution >= 0.6 is 0 Å². The van der Waals surface area contributed by atoms with E-state index in [0.29, 0.717) is 52.7 Å². The lowest BCUT2D eigenvalue weighted by atomic mass is 10.1. The average molecular weight is 726 g/mol. The normalized spacial score (nSPS) is 13.4. The maximum atomic E-state index is 13.0. The number of rotatable bonds is 19. The van der Waals surface area contributed by atoms with Gasteiger partial charge in [-0.2, -0.15) is 0 Å². The number of non-ortho nitro benzene ring substituents is 1. The number of methoxy groups -OCH3 is 5. The van der Waals surface area contributed by atoms with Crippen molar-refractivity contribution in [3.8, 4) is 34.5 Å². The molecular formula is C37H47N3O12. The molecule has 3 aromatic carbocycles. The number of hydrogen-bond acceptors (Lipinski definition) is 14. The van der Waals surface area contributed by atoms with E-state index in [2.05, 4.69) is 9.80 Å². The summed E-state index contributed by atoms with van der Waals surface area (Å²) < 4.78 is 43.9. The van der Waals surface area contributed by atoms with Crippen LogP contribution in [0, 0.1) is 10.1 Å². The SMILES string of the molecule is COc1cc(C(=O)OCCCN2CCCN(CCCOC(=O)c3cc(OC)c(OC)c(OCc4ccc([N+](=O)[O-])cc4)c3)CC2)cc(OC)c1OC. The third-order valence-corrected chi connectivity index (χ3v) is 8.51. The lowest BCUT2D eigenvalue weighted by Crippen LogP contribution is -2.32.